The third-order valence-electron chi connectivity index (χ3n) is 4.59. The van der Waals surface area contributed by atoms with E-state index in [2.05, 4.69) is 4.90 Å². The Morgan fingerprint density at radius 1 is 1.08 bits per heavy atom. The molecule has 0 bridgehead atoms. The first-order valence-electron chi connectivity index (χ1n) is 8.62. The van der Waals surface area contributed by atoms with E-state index in [0.29, 0.717) is 23.9 Å². The van der Waals surface area contributed by atoms with E-state index >= 15 is 0 Å². The zero-order chi connectivity index (χ0) is 18.7. The summed E-state index contributed by atoms with van der Waals surface area (Å²) in [6, 6.07) is 10.1. The molecular formula is C20H22ClFN2O2. The van der Waals surface area contributed by atoms with E-state index in [9.17, 15) is 9.18 Å². The average Bonchev–Trinajstić information content (AvgIpc) is 2.61. The second-order valence-electron chi connectivity index (χ2n) is 6.50. The molecule has 1 heterocycles. The molecule has 0 atom stereocenters. The van der Waals surface area contributed by atoms with Crippen LogP contribution in [0.3, 0.4) is 0 Å². The van der Waals surface area contributed by atoms with Crippen molar-refractivity contribution in [2.45, 2.75) is 13.8 Å². The minimum absolute atomic E-state index is 0.0138. The topological polar surface area (TPSA) is 32.8 Å². The molecule has 0 aliphatic carbocycles. The molecule has 0 aromatic heterocycles. The molecule has 0 saturated carbocycles. The zero-order valence-electron chi connectivity index (χ0n) is 15.0. The Morgan fingerprint density at radius 3 is 2.23 bits per heavy atom. The van der Waals surface area contributed by atoms with E-state index in [1.54, 1.807) is 17.0 Å². The van der Waals surface area contributed by atoms with Crippen LogP contribution >= 0.6 is 11.6 Å². The Bertz CT molecular complexity index is 764. The Labute approximate surface area is 158 Å². The molecule has 0 unspecified atom stereocenters. The molecule has 1 aliphatic heterocycles. The van der Waals surface area contributed by atoms with Gasteiger partial charge in [0.25, 0.3) is 5.91 Å². The molecule has 1 fully saturated rings. The molecule has 138 valence electrons. The van der Waals surface area contributed by atoms with Gasteiger partial charge >= 0.3 is 0 Å². The zero-order valence-corrected chi connectivity index (χ0v) is 15.7. The van der Waals surface area contributed by atoms with Gasteiger partial charge in [-0.3, -0.25) is 4.79 Å². The van der Waals surface area contributed by atoms with Crippen molar-refractivity contribution in [2.24, 2.45) is 0 Å². The maximum atomic E-state index is 13.0. The largest absolute Gasteiger partial charge is 0.483 e. The van der Waals surface area contributed by atoms with Gasteiger partial charge in [0.15, 0.2) is 6.61 Å². The average molecular weight is 377 g/mol. The monoisotopic (exact) mass is 376 g/mol. The van der Waals surface area contributed by atoms with Gasteiger partial charge in [0.05, 0.1) is 0 Å². The van der Waals surface area contributed by atoms with Crippen molar-refractivity contribution in [3.8, 4) is 5.75 Å². The second-order valence-corrected chi connectivity index (χ2v) is 6.94. The quantitative estimate of drug-likeness (QED) is 0.813. The van der Waals surface area contributed by atoms with Gasteiger partial charge < -0.3 is 14.5 Å². The van der Waals surface area contributed by atoms with Gasteiger partial charge in [-0.15, -0.1) is 0 Å². The summed E-state index contributed by atoms with van der Waals surface area (Å²) in [5.74, 6) is 0.442. The standard InChI is InChI=1S/C20H22ClFN2O2/c1-14-11-16(21)12-15(2)20(14)26-13-19(25)24-9-7-23(8-10-24)18-5-3-17(22)4-6-18/h3-6,11-12H,7-10,13H2,1-2H3. The number of halogens is 2. The number of piperazine rings is 1. The van der Waals surface area contributed by atoms with Crippen molar-refractivity contribution in [2.75, 3.05) is 37.7 Å². The number of ether oxygens (including phenoxy) is 1. The van der Waals surface area contributed by atoms with Crippen molar-refractivity contribution in [3.63, 3.8) is 0 Å². The van der Waals surface area contributed by atoms with Gasteiger partial charge in [-0.1, -0.05) is 11.6 Å². The fourth-order valence-corrected chi connectivity index (χ4v) is 3.54. The van der Waals surface area contributed by atoms with Crippen LogP contribution in [0.15, 0.2) is 36.4 Å². The summed E-state index contributed by atoms with van der Waals surface area (Å²) in [6.07, 6.45) is 0. The fraction of sp³-hybridized carbons (Fsp3) is 0.350. The summed E-state index contributed by atoms with van der Waals surface area (Å²) < 4.78 is 18.8. The van der Waals surface area contributed by atoms with Crippen molar-refractivity contribution in [1.82, 2.24) is 4.90 Å². The van der Waals surface area contributed by atoms with Crippen LogP contribution in [0.1, 0.15) is 11.1 Å². The normalized spacial score (nSPS) is 14.5. The molecule has 6 heteroatoms. The van der Waals surface area contributed by atoms with Gasteiger partial charge in [-0.25, -0.2) is 4.39 Å². The van der Waals surface area contributed by atoms with Crippen LogP contribution in [0.4, 0.5) is 10.1 Å². The molecule has 1 saturated heterocycles. The number of rotatable bonds is 4. The molecule has 0 N–H and O–H groups in total. The first-order chi connectivity index (χ1) is 12.4. The summed E-state index contributed by atoms with van der Waals surface area (Å²) in [6.45, 7) is 6.53. The second kappa shape index (κ2) is 7.96. The van der Waals surface area contributed by atoms with Gasteiger partial charge in [-0.05, 0) is 61.4 Å². The Balaban J connectivity index is 1.53. The van der Waals surface area contributed by atoms with Gasteiger partial charge in [0.1, 0.15) is 11.6 Å². The number of aryl methyl sites for hydroxylation is 2. The first kappa shape index (κ1) is 18.5. The van der Waals surface area contributed by atoms with Gasteiger partial charge in [0, 0.05) is 36.9 Å². The van der Waals surface area contributed by atoms with E-state index in [1.807, 2.05) is 26.0 Å². The van der Waals surface area contributed by atoms with Crippen molar-refractivity contribution < 1.29 is 13.9 Å². The van der Waals surface area contributed by atoms with E-state index in [0.717, 1.165) is 29.9 Å². The molecule has 2 aromatic rings. The Hall–Kier alpha value is -2.27. The van der Waals surface area contributed by atoms with Gasteiger partial charge in [-0.2, -0.15) is 0 Å². The molecule has 26 heavy (non-hydrogen) atoms. The third-order valence-corrected chi connectivity index (χ3v) is 4.81. The molecule has 3 rings (SSSR count). The van der Waals surface area contributed by atoms with Crippen LogP contribution in [0.2, 0.25) is 5.02 Å². The van der Waals surface area contributed by atoms with Crippen LogP contribution in [0, 0.1) is 19.7 Å². The lowest BCUT2D eigenvalue weighted by Gasteiger charge is -2.36. The van der Waals surface area contributed by atoms with Crippen LogP contribution in [0.5, 0.6) is 5.75 Å². The lowest BCUT2D eigenvalue weighted by Crippen LogP contribution is -2.50. The summed E-state index contributed by atoms with van der Waals surface area (Å²) >= 11 is 6.02. The minimum atomic E-state index is -0.243. The van der Waals surface area contributed by atoms with Crippen LogP contribution in [-0.4, -0.2) is 43.6 Å². The predicted molar refractivity (Wildman–Crippen MR) is 102 cm³/mol. The van der Waals surface area contributed by atoms with E-state index in [1.165, 1.54) is 12.1 Å². The highest BCUT2D eigenvalue weighted by molar-refractivity contribution is 6.30. The lowest BCUT2D eigenvalue weighted by atomic mass is 10.1. The number of carbonyl (C=O) groups is 1. The number of carbonyl (C=O) groups excluding carboxylic acids is 1. The molecular weight excluding hydrogens is 355 g/mol. The number of amides is 1. The highest BCUT2D eigenvalue weighted by atomic mass is 35.5. The maximum absolute atomic E-state index is 13.0. The van der Waals surface area contributed by atoms with Crippen molar-refractivity contribution in [1.29, 1.82) is 0 Å². The smallest absolute Gasteiger partial charge is 0.260 e. The highest BCUT2D eigenvalue weighted by Gasteiger charge is 2.22. The first-order valence-corrected chi connectivity index (χ1v) is 8.99. The third kappa shape index (κ3) is 4.28. The molecule has 1 aliphatic rings. The summed E-state index contributed by atoms with van der Waals surface area (Å²) in [7, 11) is 0. The van der Waals surface area contributed by atoms with Crippen LogP contribution < -0.4 is 9.64 Å². The maximum Gasteiger partial charge on any atom is 0.260 e. The van der Waals surface area contributed by atoms with Crippen molar-refractivity contribution >= 4 is 23.2 Å². The molecule has 2 aromatic carbocycles. The number of nitrogens with zero attached hydrogens (tertiary/aromatic N) is 2. The van der Waals surface area contributed by atoms with Crippen molar-refractivity contribution in [3.05, 3.63) is 58.4 Å². The minimum Gasteiger partial charge on any atom is -0.483 e. The molecule has 0 radical (unpaired) electrons. The van der Waals surface area contributed by atoms with Gasteiger partial charge in [0.2, 0.25) is 0 Å². The number of benzene rings is 2. The number of hydrogen-bond donors (Lipinski definition) is 0. The van der Waals surface area contributed by atoms with E-state index < -0.39 is 0 Å². The van der Waals surface area contributed by atoms with E-state index in [-0.39, 0.29) is 18.3 Å². The molecule has 0 spiro atoms. The SMILES string of the molecule is Cc1cc(Cl)cc(C)c1OCC(=O)N1CCN(c2ccc(F)cc2)CC1. The molecule has 4 nitrogen and oxygen atoms in total. The molecule has 1 amide bonds. The summed E-state index contributed by atoms with van der Waals surface area (Å²) in [5.41, 5.74) is 2.81. The highest BCUT2D eigenvalue weighted by Crippen LogP contribution is 2.27. The Kier molecular flexibility index (Phi) is 5.67. The Morgan fingerprint density at radius 2 is 1.65 bits per heavy atom. The lowest BCUT2D eigenvalue weighted by molar-refractivity contribution is -0.133. The van der Waals surface area contributed by atoms with E-state index in [4.69, 9.17) is 16.3 Å². The number of hydrogen-bond acceptors (Lipinski definition) is 3. The summed E-state index contributed by atoms with van der Waals surface area (Å²) in [5, 5.41) is 0.663. The predicted octanol–water partition coefficient (Wildman–Crippen LogP) is 3.82. The fourth-order valence-electron chi connectivity index (χ4n) is 3.22. The van der Waals surface area contributed by atoms with Crippen LogP contribution in [0.25, 0.3) is 0 Å². The number of anilines is 1. The summed E-state index contributed by atoms with van der Waals surface area (Å²) in [4.78, 5) is 16.4. The van der Waals surface area contributed by atoms with Crippen LogP contribution in [-0.2, 0) is 4.79 Å².